The second kappa shape index (κ2) is 7.09. The topological polar surface area (TPSA) is 94.1 Å². The number of imidazole rings is 1. The highest BCUT2D eigenvalue weighted by Crippen LogP contribution is 2.35. The number of nitrogens with one attached hydrogen (secondary N) is 2. The number of nitrogens with zero attached hydrogens (tertiary/aromatic N) is 3. The minimum atomic E-state index is -0.542. The van der Waals surface area contributed by atoms with Crippen LogP contribution in [0, 0.1) is 12.3 Å². The van der Waals surface area contributed by atoms with E-state index in [-0.39, 0.29) is 23.4 Å². The monoisotopic (exact) mass is 377 g/mol. The highest BCUT2D eigenvalue weighted by Gasteiger charge is 2.42. The fourth-order valence-electron chi connectivity index (χ4n) is 3.58. The Labute approximate surface area is 157 Å². The van der Waals surface area contributed by atoms with Gasteiger partial charge in [-0.15, -0.1) is 11.3 Å². The number of carbonyl (C=O) groups excluding carboxylic acids is 1. The smallest absolute Gasteiger partial charge is 0.240 e. The average Bonchev–Trinajstić information content (AvgIpc) is 3.25. The molecule has 3 heterocycles. The fourth-order valence-corrected chi connectivity index (χ4v) is 4.35. The quantitative estimate of drug-likeness (QED) is 0.759. The molecule has 3 N–H and O–H groups in total. The van der Waals surface area contributed by atoms with Crippen molar-refractivity contribution in [2.75, 3.05) is 13.6 Å². The number of aliphatic hydroxyl groups is 1. The zero-order valence-electron chi connectivity index (χ0n) is 15.9. The van der Waals surface area contributed by atoms with Gasteiger partial charge in [-0.2, -0.15) is 0 Å². The second-order valence-electron chi connectivity index (χ2n) is 7.92. The number of aromatic nitrogens is 3. The molecule has 7 nitrogen and oxygen atoms in total. The molecule has 26 heavy (non-hydrogen) atoms. The molecule has 2 aromatic heterocycles. The summed E-state index contributed by atoms with van der Waals surface area (Å²) in [6, 6.07) is -0.578. The predicted molar refractivity (Wildman–Crippen MR) is 102 cm³/mol. The zero-order valence-corrected chi connectivity index (χ0v) is 16.7. The van der Waals surface area contributed by atoms with E-state index in [4.69, 9.17) is 4.98 Å². The number of likely N-dealkylation sites (N-methyl/N-ethyl adjacent to an activating group) is 1. The number of hydrogen-bond donors (Lipinski definition) is 3. The van der Waals surface area contributed by atoms with E-state index in [2.05, 4.69) is 15.3 Å². The molecule has 1 fully saturated rings. The maximum Gasteiger partial charge on any atom is 0.240 e. The van der Waals surface area contributed by atoms with Crippen LogP contribution in [0.3, 0.4) is 0 Å². The Hall–Kier alpha value is -1.77. The summed E-state index contributed by atoms with van der Waals surface area (Å²) < 4.78 is 0. The van der Waals surface area contributed by atoms with E-state index in [0.29, 0.717) is 18.8 Å². The average molecular weight is 378 g/mol. The van der Waals surface area contributed by atoms with Crippen LogP contribution in [0.25, 0.3) is 10.6 Å². The molecule has 3 atom stereocenters. The van der Waals surface area contributed by atoms with Gasteiger partial charge in [0.2, 0.25) is 5.91 Å². The molecule has 8 heteroatoms. The third-order valence-corrected chi connectivity index (χ3v) is 5.81. The van der Waals surface area contributed by atoms with Crippen LogP contribution in [-0.4, -0.2) is 56.6 Å². The van der Waals surface area contributed by atoms with Gasteiger partial charge in [0.25, 0.3) is 0 Å². The molecule has 0 aromatic carbocycles. The summed E-state index contributed by atoms with van der Waals surface area (Å²) in [4.78, 5) is 28.1. The number of carbonyl (C=O) groups is 1. The second-order valence-corrected chi connectivity index (χ2v) is 8.78. The number of rotatable bonds is 4. The molecule has 142 valence electrons. The first-order valence-electron chi connectivity index (χ1n) is 8.84. The first-order chi connectivity index (χ1) is 12.2. The van der Waals surface area contributed by atoms with Gasteiger partial charge < -0.3 is 20.3 Å². The molecule has 0 unspecified atom stereocenters. The molecule has 0 bridgehead atoms. The lowest BCUT2D eigenvalue weighted by atomic mass is 9.86. The molecule has 1 aliphatic rings. The van der Waals surface area contributed by atoms with Gasteiger partial charge in [-0.3, -0.25) is 4.79 Å². The Morgan fingerprint density at radius 2 is 2.23 bits per heavy atom. The Kier molecular flexibility index (Phi) is 5.18. The fraction of sp³-hybridized carbons (Fsp3) is 0.611. The number of aliphatic hydroxyl groups excluding tert-OH is 1. The SMILES string of the molecule is CN[C@H](C(=O)N1C[C@H](O)C[C@H]1c1nc(-c2scnc2C)c[nH]1)C(C)(C)C. The summed E-state index contributed by atoms with van der Waals surface area (Å²) in [5.41, 5.74) is 3.35. The van der Waals surface area contributed by atoms with Crippen molar-refractivity contribution in [3.8, 4) is 10.6 Å². The molecular formula is C18H27N5O2S. The van der Waals surface area contributed by atoms with Crippen molar-refractivity contribution in [1.29, 1.82) is 0 Å². The van der Waals surface area contributed by atoms with E-state index in [1.165, 1.54) is 0 Å². The lowest BCUT2D eigenvalue weighted by molar-refractivity contribution is -0.137. The summed E-state index contributed by atoms with van der Waals surface area (Å²) >= 11 is 1.54. The molecule has 0 spiro atoms. The molecule has 0 radical (unpaired) electrons. The van der Waals surface area contributed by atoms with E-state index in [1.54, 1.807) is 28.8 Å². The Morgan fingerprint density at radius 3 is 2.81 bits per heavy atom. The number of β-amino-alcohol motifs (C(OH)–C–C–N with tert-alkyl or cyclic N) is 1. The van der Waals surface area contributed by atoms with Crippen LogP contribution in [-0.2, 0) is 4.79 Å². The molecule has 1 amide bonds. The summed E-state index contributed by atoms with van der Waals surface area (Å²) in [6.07, 6.45) is 1.80. The first-order valence-corrected chi connectivity index (χ1v) is 9.72. The first kappa shape index (κ1) is 19.0. The zero-order chi connectivity index (χ0) is 19.1. The lowest BCUT2D eigenvalue weighted by Gasteiger charge is -2.34. The minimum Gasteiger partial charge on any atom is -0.391 e. The normalized spacial score (nSPS) is 22.0. The number of hydrogen-bond acceptors (Lipinski definition) is 6. The third-order valence-electron chi connectivity index (χ3n) is 4.86. The Balaban J connectivity index is 1.88. The number of amides is 1. The molecule has 2 aromatic rings. The van der Waals surface area contributed by atoms with Crippen molar-refractivity contribution in [2.24, 2.45) is 5.41 Å². The van der Waals surface area contributed by atoms with Gasteiger partial charge >= 0.3 is 0 Å². The van der Waals surface area contributed by atoms with Gasteiger partial charge in [-0.25, -0.2) is 9.97 Å². The van der Waals surface area contributed by atoms with Gasteiger partial charge in [-0.1, -0.05) is 20.8 Å². The van der Waals surface area contributed by atoms with Crippen molar-refractivity contribution in [2.45, 2.75) is 52.3 Å². The van der Waals surface area contributed by atoms with Crippen LogP contribution >= 0.6 is 11.3 Å². The number of aryl methyl sites for hydroxylation is 1. The molecule has 0 saturated carbocycles. The highest BCUT2D eigenvalue weighted by molar-refractivity contribution is 7.13. The largest absolute Gasteiger partial charge is 0.391 e. The standard InChI is InChI=1S/C18H27N5O2S/c1-10-14(26-9-21-10)12-7-20-16(22-12)13-6-11(24)8-23(13)17(25)15(19-5)18(2,3)4/h7,9,11,13,15,19,24H,6,8H2,1-5H3,(H,20,22)/t11-,13+,15-/m1/s1. The van der Waals surface area contributed by atoms with Crippen LogP contribution in [0.15, 0.2) is 11.7 Å². The summed E-state index contributed by atoms with van der Waals surface area (Å²) in [6.45, 7) is 8.38. The number of aromatic amines is 1. The van der Waals surface area contributed by atoms with Gasteiger partial charge in [0.15, 0.2) is 0 Å². The van der Waals surface area contributed by atoms with Crippen molar-refractivity contribution in [3.05, 3.63) is 23.2 Å². The van der Waals surface area contributed by atoms with Crippen LogP contribution in [0.5, 0.6) is 0 Å². The van der Waals surface area contributed by atoms with E-state index in [9.17, 15) is 9.90 Å². The van der Waals surface area contributed by atoms with Crippen LogP contribution in [0.2, 0.25) is 0 Å². The van der Waals surface area contributed by atoms with E-state index >= 15 is 0 Å². The maximum atomic E-state index is 13.1. The lowest BCUT2D eigenvalue weighted by Crippen LogP contribution is -2.52. The van der Waals surface area contributed by atoms with Crippen molar-refractivity contribution in [3.63, 3.8) is 0 Å². The molecule has 1 saturated heterocycles. The molecular weight excluding hydrogens is 350 g/mol. The van der Waals surface area contributed by atoms with Crippen LogP contribution in [0.4, 0.5) is 0 Å². The third kappa shape index (κ3) is 3.54. The summed E-state index contributed by atoms with van der Waals surface area (Å²) in [5.74, 6) is 0.704. The van der Waals surface area contributed by atoms with E-state index in [1.807, 2.05) is 33.9 Å². The minimum absolute atomic E-state index is 0.00605. The highest BCUT2D eigenvalue weighted by atomic mass is 32.1. The number of H-pyrrole nitrogens is 1. The Morgan fingerprint density at radius 1 is 1.50 bits per heavy atom. The van der Waals surface area contributed by atoms with E-state index < -0.39 is 6.10 Å². The van der Waals surface area contributed by atoms with Gasteiger partial charge in [0.05, 0.1) is 34.3 Å². The van der Waals surface area contributed by atoms with Gasteiger partial charge in [0, 0.05) is 19.2 Å². The van der Waals surface area contributed by atoms with Gasteiger partial charge in [-0.05, 0) is 19.4 Å². The van der Waals surface area contributed by atoms with Crippen LogP contribution in [0.1, 0.15) is 44.8 Å². The number of thiazole rings is 1. The van der Waals surface area contributed by atoms with Gasteiger partial charge in [0.1, 0.15) is 11.5 Å². The summed E-state index contributed by atoms with van der Waals surface area (Å²) in [5, 5.41) is 13.3. The van der Waals surface area contributed by atoms with Crippen LogP contribution < -0.4 is 5.32 Å². The maximum absolute atomic E-state index is 13.1. The molecule has 3 rings (SSSR count). The van der Waals surface area contributed by atoms with Crippen molar-refractivity contribution < 1.29 is 9.90 Å². The van der Waals surface area contributed by atoms with E-state index in [0.717, 1.165) is 16.3 Å². The predicted octanol–water partition coefficient (Wildman–Crippen LogP) is 2.11. The summed E-state index contributed by atoms with van der Waals surface area (Å²) in [7, 11) is 1.80. The Bertz CT molecular complexity index is 779. The van der Waals surface area contributed by atoms with Crippen molar-refractivity contribution in [1.82, 2.24) is 25.2 Å². The molecule has 0 aliphatic carbocycles. The number of likely N-dealkylation sites (tertiary alicyclic amines) is 1. The molecule has 1 aliphatic heterocycles. The van der Waals surface area contributed by atoms with Crippen molar-refractivity contribution >= 4 is 17.2 Å².